The van der Waals surface area contributed by atoms with Crippen molar-refractivity contribution in [3.63, 3.8) is 0 Å². The molecule has 26 heavy (non-hydrogen) atoms. The number of rotatable bonds is 7. The second-order valence-electron chi connectivity index (χ2n) is 5.66. The summed E-state index contributed by atoms with van der Waals surface area (Å²) in [6, 6.07) is 7.09. The quantitative estimate of drug-likeness (QED) is 0.662. The molecule has 1 amide bonds. The molecule has 136 valence electrons. The number of carbonyl (C=O) groups excluding carboxylic acids is 1. The van der Waals surface area contributed by atoms with Crippen LogP contribution in [0.5, 0.6) is 0 Å². The van der Waals surface area contributed by atoms with Gasteiger partial charge >= 0.3 is 0 Å². The Balaban J connectivity index is 1.61. The van der Waals surface area contributed by atoms with Gasteiger partial charge in [0.05, 0.1) is 0 Å². The van der Waals surface area contributed by atoms with Gasteiger partial charge in [-0.15, -0.1) is 20.4 Å². The molecule has 3 rings (SSSR count). The number of carbonyl (C=O) groups is 1. The van der Waals surface area contributed by atoms with Crippen LogP contribution in [0.25, 0.3) is 11.4 Å². The molecule has 0 aliphatic carbocycles. The summed E-state index contributed by atoms with van der Waals surface area (Å²) in [7, 11) is 0. The maximum absolute atomic E-state index is 12.2. The van der Waals surface area contributed by atoms with E-state index in [-0.39, 0.29) is 12.5 Å². The standard InChI is InChI=1S/C16H18ClN7OS/c1-3-10(4-2)15-20-21-16(26-15)18-13(25)9-24-22-14(19-23-24)11-5-7-12(17)8-6-11/h5-8,10H,3-4,9H2,1-2H3,(H,18,21,25). The molecule has 0 fully saturated rings. The van der Waals surface area contributed by atoms with Crippen LogP contribution in [0, 0.1) is 0 Å². The second kappa shape index (κ2) is 8.33. The number of nitrogens with one attached hydrogen (secondary N) is 1. The molecular weight excluding hydrogens is 374 g/mol. The first-order valence-corrected chi connectivity index (χ1v) is 9.45. The predicted octanol–water partition coefficient (Wildman–Crippen LogP) is 3.39. The highest BCUT2D eigenvalue weighted by atomic mass is 35.5. The number of nitrogens with zero attached hydrogens (tertiary/aromatic N) is 6. The lowest BCUT2D eigenvalue weighted by Gasteiger charge is -2.05. The number of tetrazole rings is 1. The van der Waals surface area contributed by atoms with Gasteiger partial charge in [-0.2, -0.15) is 4.80 Å². The highest BCUT2D eigenvalue weighted by Crippen LogP contribution is 2.28. The highest BCUT2D eigenvalue weighted by molar-refractivity contribution is 7.15. The molecule has 0 atom stereocenters. The molecule has 8 nitrogen and oxygen atoms in total. The van der Waals surface area contributed by atoms with Crippen molar-refractivity contribution in [3.05, 3.63) is 34.3 Å². The zero-order valence-electron chi connectivity index (χ0n) is 14.4. The van der Waals surface area contributed by atoms with Gasteiger partial charge in [-0.1, -0.05) is 36.8 Å². The molecule has 3 aromatic rings. The minimum Gasteiger partial charge on any atom is -0.299 e. The first kappa shape index (κ1) is 18.4. The van der Waals surface area contributed by atoms with Crippen LogP contribution in [0.3, 0.4) is 0 Å². The van der Waals surface area contributed by atoms with Crippen LogP contribution in [-0.2, 0) is 11.3 Å². The number of hydrogen-bond acceptors (Lipinski definition) is 7. The maximum atomic E-state index is 12.2. The van der Waals surface area contributed by atoms with Crippen molar-refractivity contribution in [2.45, 2.75) is 39.2 Å². The van der Waals surface area contributed by atoms with Crippen molar-refractivity contribution in [2.75, 3.05) is 5.32 Å². The van der Waals surface area contributed by atoms with Gasteiger partial charge in [0.1, 0.15) is 11.6 Å². The van der Waals surface area contributed by atoms with Gasteiger partial charge in [0.2, 0.25) is 16.9 Å². The lowest BCUT2D eigenvalue weighted by atomic mass is 10.1. The number of hydrogen-bond donors (Lipinski definition) is 1. The van der Waals surface area contributed by atoms with Crippen molar-refractivity contribution in [1.82, 2.24) is 30.4 Å². The van der Waals surface area contributed by atoms with E-state index in [2.05, 4.69) is 44.8 Å². The average molecular weight is 392 g/mol. The van der Waals surface area contributed by atoms with E-state index < -0.39 is 0 Å². The van der Waals surface area contributed by atoms with Crippen LogP contribution in [0.15, 0.2) is 24.3 Å². The van der Waals surface area contributed by atoms with Crippen molar-refractivity contribution in [2.24, 2.45) is 0 Å². The summed E-state index contributed by atoms with van der Waals surface area (Å²) < 4.78 is 0. The summed E-state index contributed by atoms with van der Waals surface area (Å²) >= 11 is 7.27. The molecule has 0 unspecified atom stereocenters. The van der Waals surface area contributed by atoms with Gasteiger partial charge in [0.25, 0.3) is 0 Å². The lowest BCUT2D eigenvalue weighted by molar-refractivity contribution is -0.117. The summed E-state index contributed by atoms with van der Waals surface area (Å²) in [6.45, 7) is 4.17. The minimum absolute atomic E-state index is 0.0551. The van der Waals surface area contributed by atoms with E-state index in [1.165, 1.54) is 16.1 Å². The van der Waals surface area contributed by atoms with E-state index >= 15 is 0 Å². The second-order valence-corrected chi connectivity index (χ2v) is 7.10. The minimum atomic E-state index is -0.280. The molecule has 0 saturated heterocycles. The Labute approximate surface area is 159 Å². The van der Waals surface area contributed by atoms with Gasteiger partial charge in [0, 0.05) is 16.5 Å². The smallest absolute Gasteiger partial charge is 0.249 e. The van der Waals surface area contributed by atoms with Crippen molar-refractivity contribution >= 4 is 34.0 Å². The maximum Gasteiger partial charge on any atom is 0.249 e. The van der Waals surface area contributed by atoms with Crippen molar-refractivity contribution in [1.29, 1.82) is 0 Å². The molecule has 1 aromatic carbocycles. The van der Waals surface area contributed by atoms with E-state index in [4.69, 9.17) is 11.6 Å². The van der Waals surface area contributed by atoms with Gasteiger partial charge < -0.3 is 0 Å². The average Bonchev–Trinajstić information content (AvgIpc) is 3.27. The van der Waals surface area contributed by atoms with Crippen LogP contribution in [0.1, 0.15) is 37.6 Å². The fraction of sp³-hybridized carbons (Fsp3) is 0.375. The molecular formula is C16H18ClN7OS. The van der Waals surface area contributed by atoms with E-state index in [0.29, 0.717) is 21.9 Å². The normalized spacial score (nSPS) is 11.1. The molecule has 0 radical (unpaired) electrons. The zero-order valence-corrected chi connectivity index (χ0v) is 16.0. The van der Waals surface area contributed by atoms with Gasteiger partial charge in [-0.05, 0) is 42.3 Å². The Morgan fingerprint density at radius 1 is 1.19 bits per heavy atom. The predicted molar refractivity (Wildman–Crippen MR) is 100 cm³/mol. The van der Waals surface area contributed by atoms with Gasteiger partial charge in [0.15, 0.2) is 0 Å². The Hall–Kier alpha value is -2.39. The van der Waals surface area contributed by atoms with Crippen LogP contribution in [-0.4, -0.2) is 36.3 Å². The number of aromatic nitrogens is 6. The van der Waals surface area contributed by atoms with Gasteiger partial charge in [-0.3, -0.25) is 10.1 Å². The Morgan fingerprint density at radius 2 is 1.92 bits per heavy atom. The SMILES string of the molecule is CCC(CC)c1nnc(NC(=O)Cn2nnc(-c3ccc(Cl)cc3)n2)s1. The Morgan fingerprint density at radius 3 is 2.62 bits per heavy atom. The first-order chi connectivity index (χ1) is 12.6. The molecule has 1 N–H and O–H groups in total. The van der Waals surface area contributed by atoms with Crippen LogP contribution < -0.4 is 5.32 Å². The first-order valence-electron chi connectivity index (χ1n) is 8.26. The van der Waals surface area contributed by atoms with E-state index in [0.717, 1.165) is 23.4 Å². The molecule has 10 heteroatoms. The van der Waals surface area contributed by atoms with Crippen molar-refractivity contribution < 1.29 is 4.79 Å². The summed E-state index contributed by atoms with van der Waals surface area (Å²) in [5.41, 5.74) is 0.778. The Kier molecular flexibility index (Phi) is 5.89. The summed E-state index contributed by atoms with van der Waals surface area (Å²) in [5, 5.41) is 25.1. The topological polar surface area (TPSA) is 98.5 Å². The molecule has 0 spiro atoms. The van der Waals surface area contributed by atoms with Crippen LogP contribution >= 0.6 is 22.9 Å². The molecule has 0 saturated carbocycles. The van der Waals surface area contributed by atoms with Crippen LogP contribution in [0.4, 0.5) is 5.13 Å². The molecule has 0 aliphatic rings. The lowest BCUT2D eigenvalue weighted by Crippen LogP contribution is -2.20. The zero-order chi connectivity index (χ0) is 18.5. The van der Waals surface area contributed by atoms with E-state index in [9.17, 15) is 4.79 Å². The highest BCUT2D eigenvalue weighted by Gasteiger charge is 2.15. The summed E-state index contributed by atoms with van der Waals surface area (Å²) in [6.07, 6.45) is 1.99. The van der Waals surface area contributed by atoms with Gasteiger partial charge in [-0.25, -0.2) is 0 Å². The third-order valence-corrected chi connectivity index (χ3v) is 5.12. The number of halogens is 1. The number of anilines is 1. The summed E-state index contributed by atoms with van der Waals surface area (Å²) in [4.78, 5) is 13.4. The molecule has 2 heterocycles. The fourth-order valence-corrected chi connectivity index (χ4v) is 3.55. The van der Waals surface area contributed by atoms with Crippen molar-refractivity contribution in [3.8, 4) is 11.4 Å². The van der Waals surface area contributed by atoms with E-state index in [1.54, 1.807) is 24.3 Å². The molecule has 2 aromatic heterocycles. The molecule has 0 aliphatic heterocycles. The number of amides is 1. The third-order valence-electron chi connectivity index (χ3n) is 3.86. The largest absolute Gasteiger partial charge is 0.299 e. The monoisotopic (exact) mass is 391 g/mol. The third kappa shape index (κ3) is 4.41. The number of benzene rings is 1. The fourth-order valence-electron chi connectivity index (χ4n) is 2.40. The Bertz CT molecular complexity index is 873. The van der Waals surface area contributed by atoms with Crippen LogP contribution in [0.2, 0.25) is 5.02 Å². The molecule has 0 bridgehead atoms. The summed E-state index contributed by atoms with van der Waals surface area (Å²) in [5.74, 6) is 0.524. The van der Waals surface area contributed by atoms with E-state index in [1.807, 2.05) is 0 Å².